The van der Waals surface area contributed by atoms with E-state index in [1.165, 1.54) is 7.11 Å². The predicted octanol–water partition coefficient (Wildman–Crippen LogP) is 0.888. The van der Waals surface area contributed by atoms with Gasteiger partial charge in [0.2, 0.25) is 0 Å². The second-order valence-electron chi connectivity index (χ2n) is 3.05. The highest BCUT2D eigenvalue weighted by Crippen LogP contribution is 2.51. The molecule has 1 fully saturated rings. The molecule has 0 spiro atoms. The Bertz CT molecular complexity index is 145. The number of methoxy groups -OCH3 is 1. The number of aliphatic hydroxyl groups excluding tert-OH is 1. The molecule has 1 aliphatic rings. The molecule has 0 aromatic heterocycles. The van der Waals surface area contributed by atoms with Gasteiger partial charge in [-0.2, -0.15) is 4.91 Å². The number of rotatable bonds is 5. The number of nitrogens with zero attached hydrogens (tertiary/aromatic N) is 1. The minimum absolute atomic E-state index is 0.150. The van der Waals surface area contributed by atoms with Gasteiger partial charge in [-0.1, -0.05) is 5.18 Å². The van der Waals surface area contributed by atoms with Crippen LogP contribution >= 0.6 is 0 Å². The molecule has 1 rings (SSSR count). The van der Waals surface area contributed by atoms with Gasteiger partial charge in [0.15, 0.2) is 6.29 Å². The number of nitroso groups, excluding NO2 is 1. The lowest BCUT2D eigenvalue weighted by molar-refractivity contribution is -0.124. The second kappa shape index (κ2) is 3.28. The van der Waals surface area contributed by atoms with E-state index in [1.807, 2.05) is 0 Å². The van der Waals surface area contributed by atoms with E-state index in [9.17, 15) is 10.0 Å². The fraction of sp³-hybridized carbons (Fsp3) is 1.00. The highest BCUT2D eigenvalue weighted by Gasteiger charge is 2.48. The van der Waals surface area contributed by atoms with Crippen molar-refractivity contribution < 1.29 is 9.84 Å². The summed E-state index contributed by atoms with van der Waals surface area (Å²) < 4.78 is 4.79. The van der Waals surface area contributed by atoms with Crippen LogP contribution in [0.3, 0.4) is 0 Å². The Morgan fingerprint density at radius 1 is 1.73 bits per heavy atom. The molecule has 0 aromatic rings. The summed E-state index contributed by atoms with van der Waals surface area (Å²) in [6, 6.07) is 0. The molecule has 1 N–H and O–H groups in total. The first-order valence-corrected chi connectivity index (χ1v) is 3.75. The molecule has 11 heavy (non-hydrogen) atoms. The van der Waals surface area contributed by atoms with Crippen molar-refractivity contribution in [3.05, 3.63) is 4.91 Å². The van der Waals surface area contributed by atoms with Crippen LogP contribution in [-0.2, 0) is 4.74 Å². The molecule has 4 nitrogen and oxygen atoms in total. The Morgan fingerprint density at radius 2 is 2.36 bits per heavy atom. The van der Waals surface area contributed by atoms with Crippen LogP contribution in [0.25, 0.3) is 0 Å². The first-order chi connectivity index (χ1) is 5.25. The van der Waals surface area contributed by atoms with Crippen molar-refractivity contribution in [2.75, 3.05) is 13.7 Å². The SMILES string of the molecule is COC(O)C1(CCN=O)CC1. The molecule has 0 aromatic carbocycles. The second-order valence-corrected chi connectivity index (χ2v) is 3.05. The van der Waals surface area contributed by atoms with Crippen molar-refractivity contribution in [3.63, 3.8) is 0 Å². The van der Waals surface area contributed by atoms with Gasteiger partial charge in [-0.15, -0.1) is 0 Å². The maximum atomic E-state index is 9.82. The van der Waals surface area contributed by atoms with Gasteiger partial charge in [0.25, 0.3) is 0 Å². The third kappa shape index (κ3) is 1.75. The topological polar surface area (TPSA) is 58.9 Å². The number of ether oxygens (including phenoxy) is 1. The summed E-state index contributed by atoms with van der Waals surface area (Å²) in [6.45, 7) is 0.278. The first kappa shape index (κ1) is 8.62. The molecule has 64 valence electrons. The minimum Gasteiger partial charge on any atom is -0.367 e. The van der Waals surface area contributed by atoms with Crippen molar-refractivity contribution in [1.29, 1.82) is 0 Å². The van der Waals surface area contributed by atoms with Gasteiger partial charge in [0.05, 0.1) is 6.54 Å². The highest BCUT2D eigenvalue weighted by atomic mass is 16.6. The number of aliphatic hydroxyl groups is 1. The monoisotopic (exact) mass is 159 g/mol. The van der Waals surface area contributed by atoms with Gasteiger partial charge in [-0.3, -0.25) is 0 Å². The van der Waals surface area contributed by atoms with Crippen molar-refractivity contribution in [2.45, 2.75) is 25.6 Å². The molecule has 1 aliphatic carbocycles. The van der Waals surface area contributed by atoms with Crippen LogP contribution in [0.1, 0.15) is 19.3 Å². The average molecular weight is 159 g/mol. The van der Waals surface area contributed by atoms with E-state index >= 15 is 0 Å². The first-order valence-electron chi connectivity index (χ1n) is 3.75. The Labute approximate surface area is 65.5 Å². The van der Waals surface area contributed by atoms with Gasteiger partial charge in [-0.05, 0) is 19.3 Å². The van der Waals surface area contributed by atoms with Crippen LogP contribution in [0.5, 0.6) is 0 Å². The fourth-order valence-electron chi connectivity index (χ4n) is 1.30. The maximum absolute atomic E-state index is 9.82. The van der Waals surface area contributed by atoms with E-state index in [0.29, 0.717) is 6.42 Å². The molecule has 0 bridgehead atoms. The fourth-order valence-corrected chi connectivity index (χ4v) is 1.30. The zero-order chi connectivity index (χ0) is 8.32. The Morgan fingerprint density at radius 3 is 2.73 bits per heavy atom. The molecule has 4 heteroatoms. The van der Waals surface area contributed by atoms with Gasteiger partial charge >= 0.3 is 0 Å². The Kier molecular flexibility index (Phi) is 2.57. The summed E-state index contributed by atoms with van der Waals surface area (Å²) in [7, 11) is 1.47. The Hall–Kier alpha value is -0.480. The number of hydrogen-bond acceptors (Lipinski definition) is 4. The lowest BCUT2D eigenvalue weighted by Crippen LogP contribution is -2.24. The van der Waals surface area contributed by atoms with Gasteiger partial charge in [-0.25, -0.2) is 0 Å². The van der Waals surface area contributed by atoms with E-state index in [0.717, 1.165) is 12.8 Å². The molecule has 0 heterocycles. The summed E-state index contributed by atoms with van der Waals surface area (Å²) >= 11 is 0. The standard InChI is InChI=1S/C7H13NO3/c1-11-6(9)7(2-3-7)4-5-8-10/h6,9H,2-5H2,1H3. The number of hydrogen-bond donors (Lipinski definition) is 1. The van der Waals surface area contributed by atoms with Crippen molar-refractivity contribution in [1.82, 2.24) is 0 Å². The normalized spacial score (nSPS) is 22.7. The highest BCUT2D eigenvalue weighted by molar-refractivity contribution is 4.95. The van der Waals surface area contributed by atoms with Gasteiger partial charge in [0, 0.05) is 12.5 Å². The van der Waals surface area contributed by atoms with Crippen molar-refractivity contribution >= 4 is 0 Å². The average Bonchev–Trinajstić information content (AvgIpc) is 2.80. The Balaban J connectivity index is 2.33. The minimum atomic E-state index is -0.718. The van der Waals surface area contributed by atoms with E-state index in [-0.39, 0.29) is 12.0 Å². The third-order valence-corrected chi connectivity index (χ3v) is 2.34. The molecule has 0 amide bonds. The van der Waals surface area contributed by atoms with Crippen molar-refractivity contribution in [3.8, 4) is 0 Å². The van der Waals surface area contributed by atoms with E-state index in [4.69, 9.17) is 4.74 Å². The van der Waals surface area contributed by atoms with E-state index < -0.39 is 6.29 Å². The smallest absolute Gasteiger partial charge is 0.159 e. The lowest BCUT2D eigenvalue weighted by Gasteiger charge is -2.18. The van der Waals surface area contributed by atoms with Crippen LogP contribution < -0.4 is 0 Å². The molecule has 0 saturated heterocycles. The maximum Gasteiger partial charge on any atom is 0.159 e. The van der Waals surface area contributed by atoms with Crippen LogP contribution in [0, 0.1) is 10.3 Å². The molecular formula is C7H13NO3. The zero-order valence-corrected chi connectivity index (χ0v) is 6.62. The molecule has 1 atom stereocenters. The molecular weight excluding hydrogens is 146 g/mol. The van der Waals surface area contributed by atoms with E-state index in [2.05, 4.69) is 5.18 Å². The molecule has 1 unspecified atom stereocenters. The van der Waals surface area contributed by atoms with Gasteiger partial charge < -0.3 is 9.84 Å². The quantitative estimate of drug-likeness (QED) is 0.478. The predicted molar refractivity (Wildman–Crippen MR) is 40.0 cm³/mol. The summed E-state index contributed by atoms with van der Waals surface area (Å²) in [5.74, 6) is 0. The van der Waals surface area contributed by atoms with E-state index in [1.54, 1.807) is 0 Å². The van der Waals surface area contributed by atoms with Gasteiger partial charge in [0.1, 0.15) is 0 Å². The third-order valence-electron chi connectivity index (χ3n) is 2.34. The summed E-state index contributed by atoms with van der Waals surface area (Å²) in [5, 5.41) is 12.1. The lowest BCUT2D eigenvalue weighted by atomic mass is 10.0. The van der Waals surface area contributed by atoms with Crippen molar-refractivity contribution in [2.24, 2.45) is 10.6 Å². The zero-order valence-electron chi connectivity index (χ0n) is 6.62. The molecule has 0 aliphatic heterocycles. The summed E-state index contributed by atoms with van der Waals surface area (Å²) in [5.41, 5.74) is -0.150. The largest absolute Gasteiger partial charge is 0.367 e. The molecule has 1 saturated carbocycles. The van der Waals surface area contributed by atoms with Crippen LogP contribution in [0.2, 0.25) is 0 Å². The van der Waals surface area contributed by atoms with Crippen LogP contribution in [0.15, 0.2) is 5.18 Å². The van der Waals surface area contributed by atoms with Crippen LogP contribution in [-0.4, -0.2) is 25.1 Å². The summed E-state index contributed by atoms with van der Waals surface area (Å²) in [6.07, 6.45) is 1.81. The van der Waals surface area contributed by atoms with Crippen LogP contribution in [0.4, 0.5) is 0 Å². The molecule has 0 radical (unpaired) electrons. The summed E-state index contributed by atoms with van der Waals surface area (Å²) in [4.78, 5) is 9.82.